The van der Waals surface area contributed by atoms with Crippen molar-refractivity contribution in [3.05, 3.63) is 53.0 Å². The average Bonchev–Trinajstić information content (AvgIpc) is 3.04. The monoisotopic (exact) mass is 330 g/mol. The van der Waals surface area contributed by atoms with Gasteiger partial charge >= 0.3 is 0 Å². The van der Waals surface area contributed by atoms with Crippen LogP contribution >= 0.6 is 0 Å². The summed E-state index contributed by atoms with van der Waals surface area (Å²) in [4.78, 5) is 41.5. The summed E-state index contributed by atoms with van der Waals surface area (Å²) in [6, 6.07) is 5.79. The van der Waals surface area contributed by atoms with Crippen molar-refractivity contribution >= 4 is 17.5 Å². The van der Waals surface area contributed by atoms with E-state index in [1.54, 1.807) is 19.1 Å². The number of hydrogen-bond donors (Lipinski definition) is 0. The third-order valence-corrected chi connectivity index (χ3v) is 3.96. The lowest BCUT2D eigenvalue weighted by molar-refractivity contribution is -0.139. The number of aromatic nitrogens is 1. The van der Waals surface area contributed by atoms with Gasteiger partial charge in [-0.05, 0) is 17.7 Å². The Hall–Kier alpha value is -2.83. The van der Waals surface area contributed by atoms with Crippen molar-refractivity contribution in [1.82, 2.24) is 9.88 Å². The summed E-state index contributed by atoms with van der Waals surface area (Å²) in [5.41, 5.74) is 0.797. The minimum absolute atomic E-state index is 0.0401. The molecule has 6 nitrogen and oxygen atoms in total. The fraction of sp³-hybridized carbons (Fsp3) is 0.294. The van der Waals surface area contributed by atoms with Crippen LogP contribution in [0.25, 0.3) is 0 Å². The van der Waals surface area contributed by atoms with Gasteiger partial charge in [-0.3, -0.25) is 14.4 Å². The molecule has 3 rings (SSSR count). The van der Waals surface area contributed by atoms with Gasteiger partial charge in [0.05, 0.1) is 0 Å². The molecule has 0 saturated carbocycles. The third-order valence-electron chi connectivity index (χ3n) is 3.96. The van der Waals surface area contributed by atoms with Gasteiger partial charge in [0.2, 0.25) is 5.78 Å². The quantitative estimate of drug-likeness (QED) is 0.483. The zero-order chi connectivity index (χ0) is 17.4. The summed E-state index contributed by atoms with van der Waals surface area (Å²) in [6.07, 6.45) is 0.243. The molecule has 0 radical (unpaired) electrons. The molecule has 1 aliphatic rings. The summed E-state index contributed by atoms with van der Waals surface area (Å²) >= 11 is 0. The van der Waals surface area contributed by atoms with Gasteiger partial charge in [0, 0.05) is 26.9 Å². The lowest BCUT2D eigenvalue weighted by Crippen LogP contribution is -2.25. The molecule has 2 heterocycles. The van der Waals surface area contributed by atoms with Gasteiger partial charge in [0.25, 0.3) is 5.91 Å². The smallest absolute Gasteiger partial charge is 0.290 e. The van der Waals surface area contributed by atoms with Crippen LogP contribution in [0.2, 0.25) is 0 Å². The normalized spacial score (nSPS) is 17.6. The Kier molecular flexibility index (Phi) is 4.01. The molecular weight excluding hydrogens is 315 g/mol. The Morgan fingerprint density at radius 3 is 2.58 bits per heavy atom. The maximum atomic E-state index is 13.0. The molecule has 1 aromatic carbocycles. The highest BCUT2D eigenvalue weighted by Gasteiger charge is 2.43. The van der Waals surface area contributed by atoms with Crippen molar-refractivity contribution in [3.63, 3.8) is 0 Å². The van der Waals surface area contributed by atoms with Crippen LogP contribution in [0.4, 0.5) is 4.39 Å². The predicted molar refractivity (Wildman–Crippen MR) is 80.9 cm³/mol. The number of ketones is 2. The minimum atomic E-state index is -1.06. The number of benzene rings is 1. The van der Waals surface area contributed by atoms with Crippen LogP contribution in [0.3, 0.4) is 0 Å². The van der Waals surface area contributed by atoms with Crippen molar-refractivity contribution < 1.29 is 23.2 Å². The van der Waals surface area contributed by atoms with Gasteiger partial charge in [-0.25, -0.2) is 9.37 Å². The second kappa shape index (κ2) is 5.99. The standard InChI is InChI=1S/C17H15FN2O4/c1-9-19-14(15(21)12-8-20(2)17(23)16(12)22)13(24-9)7-10-3-5-11(18)6-4-10/h3-6,12H,7-8H2,1-2H3. The Bertz CT molecular complexity index is 826. The van der Waals surface area contributed by atoms with Gasteiger partial charge in [-0.2, -0.15) is 0 Å². The summed E-state index contributed by atoms with van der Waals surface area (Å²) < 4.78 is 18.5. The summed E-state index contributed by atoms with van der Waals surface area (Å²) in [5, 5.41) is 0. The van der Waals surface area contributed by atoms with Crippen LogP contribution < -0.4 is 0 Å². The molecule has 1 fully saturated rings. The first-order valence-corrected chi connectivity index (χ1v) is 7.41. The number of amides is 1. The summed E-state index contributed by atoms with van der Waals surface area (Å²) in [6.45, 7) is 1.64. The second-order valence-electron chi connectivity index (χ2n) is 5.77. The number of carbonyl (C=O) groups excluding carboxylic acids is 3. The zero-order valence-corrected chi connectivity index (χ0v) is 13.2. The zero-order valence-electron chi connectivity index (χ0n) is 13.2. The average molecular weight is 330 g/mol. The van der Waals surface area contributed by atoms with E-state index in [0.29, 0.717) is 11.7 Å². The summed E-state index contributed by atoms with van der Waals surface area (Å²) in [5.74, 6) is -2.74. The molecule has 24 heavy (non-hydrogen) atoms. The molecule has 1 aromatic heterocycles. The van der Waals surface area contributed by atoms with Crippen molar-refractivity contribution in [3.8, 4) is 0 Å². The first kappa shape index (κ1) is 16.0. The van der Waals surface area contributed by atoms with E-state index >= 15 is 0 Å². The molecule has 1 saturated heterocycles. The Labute approximate surface area is 137 Å². The third kappa shape index (κ3) is 2.84. The molecule has 0 N–H and O–H groups in total. The number of hydrogen-bond acceptors (Lipinski definition) is 5. The van der Waals surface area contributed by atoms with Gasteiger partial charge in [-0.15, -0.1) is 0 Å². The fourth-order valence-electron chi connectivity index (χ4n) is 2.71. The molecule has 1 amide bonds. The van der Waals surface area contributed by atoms with Crippen LogP contribution in [0, 0.1) is 18.7 Å². The first-order chi connectivity index (χ1) is 11.4. The van der Waals surface area contributed by atoms with Gasteiger partial charge < -0.3 is 9.32 Å². The summed E-state index contributed by atoms with van der Waals surface area (Å²) in [7, 11) is 1.47. The van der Waals surface area contributed by atoms with E-state index in [1.807, 2.05) is 0 Å². The molecule has 2 aromatic rings. The van der Waals surface area contributed by atoms with Gasteiger partial charge in [0.15, 0.2) is 11.7 Å². The maximum Gasteiger partial charge on any atom is 0.290 e. The number of oxazole rings is 1. The van der Waals surface area contributed by atoms with E-state index < -0.39 is 23.4 Å². The number of halogens is 1. The van der Waals surface area contributed by atoms with E-state index in [-0.39, 0.29) is 24.5 Å². The molecule has 7 heteroatoms. The van der Waals surface area contributed by atoms with Crippen molar-refractivity contribution in [1.29, 1.82) is 0 Å². The fourth-order valence-corrected chi connectivity index (χ4v) is 2.71. The molecule has 0 spiro atoms. The number of likely N-dealkylation sites (N-methyl/N-ethyl adjacent to an activating group) is 1. The first-order valence-electron chi connectivity index (χ1n) is 7.41. The number of nitrogens with zero attached hydrogens (tertiary/aromatic N) is 2. The number of rotatable bonds is 4. The number of carbonyl (C=O) groups is 3. The van der Waals surface area contributed by atoms with E-state index in [0.717, 1.165) is 5.56 Å². The van der Waals surface area contributed by atoms with Crippen molar-refractivity contribution in [2.45, 2.75) is 13.3 Å². The van der Waals surface area contributed by atoms with E-state index in [4.69, 9.17) is 4.42 Å². The van der Waals surface area contributed by atoms with Gasteiger partial charge in [-0.1, -0.05) is 12.1 Å². The van der Waals surface area contributed by atoms with Crippen molar-refractivity contribution in [2.75, 3.05) is 13.6 Å². The highest BCUT2D eigenvalue weighted by atomic mass is 19.1. The van der Waals surface area contributed by atoms with Crippen LogP contribution in [-0.2, 0) is 16.0 Å². The molecule has 1 unspecified atom stereocenters. The van der Waals surface area contributed by atoms with Gasteiger partial charge in [0.1, 0.15) is 23.2 Å². The van der Waals surface area contributed by atoms with Crippen LogP contribution in [0.5, 0.6) is 0 Å². The predicted octanol–water partition coefficient (Wildman–Crippen LogP) is 1.55. The van der Waals surface area contributed by atoms with Crippen LogP contribution in [0.15, 0.2) is 28.7 Å². The van der Waals surface area contributed by atoms with E-state index in [9.17, 15) is 18.8 Å². The second-order valence-corrected chi connectivity index (χ2v) is 5.77. The molecule has 1 atom stereocenters. The maximum absolute atomic E-state index is 13.0. The van der Waals surface area contributed by atoms with Crippen LogP contribution in [-0.4, -0.2) is 40.9 Å². The highest BCUT2D eigenvalue weighted by Crippen LogP contribution is 2.23. The molecule has 1 aliphatic heterocycles. The van der Waals surface area contributed by atoms with Crippen LogP contribution in [0.1, 0.15) is 27.7 Å². The topological polar surface area (TPSA) is 80.5 Å². The Morgan fingerprint density at radius 1 is 1.33 bits per heavy atom. The SMILES string of the molecule is Cc1nc(C(=O)C2CN(C)C(=O)C2=O)c(Cc2ccc(F)cc2)o1. The number of likely N-dealkylation sites (tertiary alicyclic amines) is 1. The lowest BCUT2D eigenvalue weighted by atomic mass is 9.97. The number of Topliss-reactive ketones (excluding diaryl/α,β-unsaturated/α-hetero) is 2. The minimum Gasteiger partial charge on any atom is -0.445 e. The molecular formula is C17H15FN2O4. The Balaban J connectivity index is 1.89. The van der Waals surface area contributed by atoms with Crippen molar-refractivity contribution in [2.24, 2.45) is 5.92 Å². The molecule has 0 aliphatic carbocycles. The molecule has 0 bridgehead atoms. The largest absolute Gasteiger partial charge is 0.445 e. The van der Waals surface area contributed by atoms with E-state index in [2.05, 4.69) is 4.98 Å². The molecule has 124 valence electrons. The number of aryl methyl sites for hydroxylation is 1. The highest BCUT2D eigenvalue weighted by molar-refractivity contribution is 6.43. The lowest BCUT2D eigenvalue weighted by Gasteiger charge is -2.07. The Morgan fingerprint density at radius 2 is 2.00 bits per heavy atom. The van der Waals surface area contributed by atoms with E-state index in [1.165, 1.54) is 24.1 Å².